The number of ketones is 1. The maximum atomic E-state index is 13.1. The molecule has 5 nitrogen and oxygen atoms in total. The third-order valence-electron chi connectivity index (χ3n) is 5.12. The van der Waals surface area contributed by atoms with E-state index in [1.54, 1.807) is 12.1 Å². The topological polar surface area (TPSA) is 64.6 Å². The predicted octanol–water partition coefficient (Wildman–Crippen LogP) is 5.67. The van der Waals surface area contributed by atoms with Crippen LogP contribution in [-0.4, -0.2) is 24.3 Å². The lowest BCUT2D eigenvalue weighted by molar-refractivity contribution is -0.121. The number of Topliss-reactive ketones (excluding diaryl/α,β-unsaturated/α-hetero) is 1. The molecule has 0 aliphatic carbocycles. The van der Waals surface area contributed by atoms with Gasteiger partial charge in [-0.05, 0) is 46.8 Å². The molecular formula is C28H25NO4S. The normalized spacial score (nSPS) is 11.5. The van der Waals surface area contributed by atoms with Gasteiger partial charge in [0.25, 0.3) is 5.91 Å². The van der Waals surface area contributed by atoms with E-state index in [1.165, 1.54) is 11.3 Å². The van der Waals surface area contributed by atoms with Crippen molar-refractivity contribution in [2.24, 2.45) is 0 Å². The minimum absolute atomic E-state index is 0.0973. The van der Waals surface area contributed by atoms with Gasteiger partial charge in [-0.3, -0.25) is 9.59 Å². The Morgan fingerprint density at radius 2 is 1.44 bits per heavy atom. The SMILES string of the molecule is O=C(NC(COCc1ccccc1)C(=O)Cc1ccc(Oc2ccccc2)cc1)c1cccs1. The standard InChI is InChI=1S/C28H25NO4S/c30-26(18-21-13-15-24(16-14-21)33-23-10-5-2-6-11-23)25(29-28(31)27-12-7-17-34-27)20-32-19-22-8-3-1-4-9-22/h1-17,25H,18-20H2,(H,29,31). The molecule has 1 N–H and O–H groups in total. The van der Waals surface area contributed by atoms with E-state index < -0.39 is 6.04 Å². The number of rotatable bonds is 11. The molecule has 1 unspecified atom stereocenters. The molecule has 4 aromatic rings. The molecule has 34 heavy (non-hydrogen) atoms. The molecule has 1 heterocycles. The monoisotopic (exact) mass is 471 g/mol. The van der Waals surface area contributed by atoms with E-state index in [9.17, 15) is 9.59 Å². The number of hydrogen-bond donors (Lipinski definition) is 1. The van der Waals surface area contributed by atoms with Crippen LogP contribution in [-0.2, 0) is 22.6 Å². The lowest BCUT2D eigenvalue weighted by atomic mass is 10.0. The van der Waals surface area contributed by atoms with Crippen LogP contribution in [0.15, 0.2) is 102 Å². The van der Waals surface area contributed by atoms with Gasteiger partial charge in [-0.1, -0.05) is 66.7 Å². The fourth-order valence-corrected chi connectivity index (χ4v) is 3.97. The molecule has 1 aromatic heterocycles. The highest BCUT2D eigenvalue weighted by Gasteiger charge is 2.22. The molecule has 0 radical (unpaired) electrons. The van der Waals surface area contributed by atoms with E-state index in [1.807, 2.05) is 90.3 Å². The molecule has 0 saturated carbocycles. The molecule has 0 saturated heterocycles. The maximum Gasteiger partial charge on any atom is 0.262 e. The van der Waals surface area contributed by atoms with E-state index in [0.29, 0.717) is 17.2 Å². The van der Waals surface area contributed by atoms with E-state index in [0.717, 1.165) is 16.9 Å². The predicted molar refractivity (Wildman–Crippen MR) is 133 cm³/mol. The molecule has 6 heteroatoms. The van der Waals surface area contributed by atoms with Crippen molar-refractivity contribution < 1.29 is 19.1 Å². The van der Waals surface area contributed by atoms with Crippen molar-refractivity contribution in [1.82, 2.24) is 5.32 Å². The first kappa shape index (κ1) is 23.4. The van der Waals surface area contributed by atoms with Gasteiger partial charge in [-0.2, -0.15) is 0 Å². The number of para-hydroxylation sites is 1. The second-order valence-corrected chi connectivity index (χ2v) is 8.65. The van der Waals surface area contributed by atoms with Crippen LogP contribution in [0.5, 0.6) is 11.5 Å². The molecule has 0 fully saturated rings. The summed E-state index contributed by atoms with van der Waals surface area (Å²) in [6, 6.07) is 29.4. The molecule has 3 aromatic carbocycles. The summed E-state index contributed by atoms with van der Waals surface area (Å²) in [4.78, 5) is 26.3. The van der Waals surface area contributed by atoms with Crippen molar-refractivity contribution >= 4 is 23.0 Å². The summed E-state index contributed by atoms with van der Waals surface area (Å²) in [5, 5.41) is 4.67. The fourth-order valence-electron chi connectivity index (χ4n) is 3.35. The number of amides is 1. The van der Waals surface area contributed by atoms with Crippen LogP contribution < -0.4 is 10.1 Å². The lowest BCUT2D eigenvalue weighted by Gasteiger charge is -2.18. The smallest absolute Gasteiger partial charge is 0.262 e. The third-order valence-corrected chi connectivity index (χ3v) is 5.98. The van der Waals surface area contributed by atoms with Crippen LogP contribution >= 0.6 is 11.3 Å². The minimum Gasteiger partial charge on any atom is -0.457 e. The largest absolute Gasteiger partial charge is 0.457 e. The number of carbonyl (C=O) groups excluding carboxylic acids is 2. The van der Waals surface area contributed by atoms with Gasteiger partial charge in [0.2, 0.25) is 0 Å². The third kappa shape index (κ3) is 6.88. The number of ether oxygens (including phenoxy) is 2. The Morgan fingerprint density at radius 3 is 2.12 bits per heavy atom. The second-order valence-electron chi connectivity index (χ2n) is 7.71. The number of nitrogens with one attached hydrogen (secondary N) is 1. The van der Waals surface area contributed by atoms with Crippen molar-refractivity contribution in [3.05, 3.63) is 118 Å². The summed E-state index contributed by atoms with van der Waals surface area (Å²) >= 11 is 1.33. The van der Waals surface area contributed by atoms with Gasteiger partial charge in [-0.25, -0.2) is 0 Å². The van der Waals surface area contributed by atoms with Crippen molar-refractivity contribution in [3.63, 3.8) is 0 Å². The highest BCUT2D eigenvalue weighted by Crippen LogP contribution is 2.21. The highest BCUT2D eigenvalue weighted by atomic mass is 32.1. The first-order valence-electron chi connectivity index (χ1n) is 11.0. The van der Waals surface area contributed by atoms with Crippen LogP contribution in [0, 0.1) is 0 Å². The number of benzene rings is 3. The Morgan fingerprint density at radius 1 is 0.765 bits per heavy atom. The summed E-state index contributed by atoms with van der Waals surface area (Å²) in [6.45, 7) is 0.463. The van der Waals surface area contributed by atoms with Crippen molar-refractivity contribution in [3.8, 4) is 11.5 Å². The summed E-state index contributed by atoms with van der Waals surface area (Å²) in [6.07, 6.45) is 0.176. The van der Waals surface area contributed by atoms with E-state index in [4.69, 9.17) is 9.47 Å². The molecule has 0 aliphatic heterocycles. The Bertz CT molecular complexity index is 1180. The van der Waals surface area contributed by atoms with Crippen LogP contribution in [0.3, 0.4) is 0 Å². The minimum atomic E-state index is -0.751. The summed E-state index contributed by atoms with van der Waals surface area (Å²) in [7, 11) is 0. The average Bonchev–Trinajstić information content (AvgIpc) is 3.41. The van der Waals surface area contributed by atoms with E-state index in [2.05, 4.69) is 5.32 Å². The van der Waals surface area contributed by atoms with Gasteiger partial charge < -0.3 is 14.8 Å². The number of thiophene rings is 1. The fraction of sp³-hybridized carbons (Fsp3) is 0.143. The van der Waals surface area contributed by atoms with Crippen LogP contribution in [0.25, 0.3) is 0 Å². The molecule has 0 aliphatic rings. The van der Waals surface area contributed by atoms with Crippen molar-refractivity contribution in [2.45, 2.75) is 19.1 Å². The zero-order valence-electron chi connectivity index (χ0n) is 18.6. The molecule has 4 rings (SSSR count). The zero-order valence-corrected chi connectivity index (χ0v) is 19.4. The molecule has 1 amide bonds. The van der Waals surface area contributed by atoms with Crippen LogP contribution in [0.2, 0.25) is 0 Å². The highest BCUT2D eigenvalue weighted by molar-refractivity contribution is 7.12. The van der Waals surface area contributed by atoms with Gasteiger partial charge in [0.1, 0.15) is 17.5 Å². The Hall–Kier alpha value is -3.74. The van der Waals surface area contributed by atoms with Crippen LogP contribution in [0.4, 0.5) is 0 Å². The molecule has 0 spiro atoms. The quantitative estimate of drug-likeness (QED) is 0.306. The molecule has 172 valence electrons. The number of hydrogen-bond acceptors (Lipinski definition) is 5. The Labute approximate surface area is 203 Å². The van der Waals surface area contributed by atoms with Crippen molar-refractivity contribution in [1.29, 1.82) is 0 Å². The maximum absolute atomic E-state index is 13.1. The van der Waals surface area contributed by atoms with Gasteiger partial charge in [0.15, 0.2) is 5.78 Å². The van der Waals surface area contributed by atoms with Gasteiger partial charge in [-0.15, -0.1) is 11.3 Å². The van der Waals surface area contributed by atoms with Gasteiger partial charge >= 0.3 is 0 Å². The Kier molecular flexibility index (Phi) is 8.22. The number of carbonyl (C=O) groups is 2. The van der Waals surface area contributed by atoms with Gasteiger partial charge in [0, 0.05) is 6.42 Å². The average molecular weight is 472 g/mol. The first-order chi connectivity index (χ1) is 16.7. The second kappa shape index (κ2) is 11.9. The summed E-state index contributed by atoms with van der Waals surface area (Å²) in [5.41, 5.74) is 1.84. The lowest BCUT2D eigenvalue weighted by Crippen LogP contribution is -2.44. The van der Waals surface area contributed by atoms with Crippen LogP contribution in [0.1, 0.15) is 20.8 Å². The van der Waals surface area contributed by atoms with E-state index >= 15 is 0 Å². The summed E-state index contributed by atoms with van der Waals surface area (Å²) in [5.74, 6) is 1.05. The first-order valence-corrected chi connectivity index (χ1v) is 11.9. The summed E-state index contributed by atoms with van der Waals surface area (Å²) < 4.78 is 11.6. The zero-order chi connectivity index (χ0) is 23.6. The molecular weight excluding hydrogens is 446 g/mol. The molecule has 0 bridgehead atoms. The van der Waals surface area contributed by atoms with Crippen molar-refractivity contribution in [2.75, 3.05) is 6.61 Å². The molecule has 1 atom stereocenters. The van der Waals surface area contributed by atoms with Gasteiger partial charge in [0.05, 0.1) is 18.1 Å². The Balaban J connectivity index is 1.38. The van der Waals surface area contributed by atoms with E-state index in [-0.39, 0.29) is 24.7 Å².